The van der Waals surface area contributed by atoms with Gasteiger partial charge in [0.2, 0.25) is 11.8 Å². The van der Waals surface area contributed by atoms with Crippen LogP contribution in [0.4, 0.5) is 0 Å². The highest BCUT2D eigenvalue weighted by atomic mass is 16.5. The van der Waals surface area contributed by atoms with Crippen molar-refractivity contribution in [1.29, 1.82) is 0 Å². The number of rotatable bonds is 4. The fourth-order valence-electron chi connectivity index (χ4n) is 4.11. The number of H-pyrrole nitrogens is 1. The van der Waals surface area contributed by atoms with E-state index in [-0.39, 0.29) is 37.4 Å². The van der Waals surface area contributed by atoms with E-state index < -0.39 is 0 Å². The van der Waals surface area contributed by atoms with Gasteiger partial charge in [-0.3, -0.25) is 14.4 Å². The largest absolute Gasteiger partial charge is 0.497 e. The minimum absolute atomic E-state index is 0.0366. The number of benzene rings is 2. The van der Waals surface area contributed by atoms with Crippen LogP contribution in [0.3, 0.4) is 0 Å². The summed E-state index contributed by atoms with van der Waals surface area (Å²) in [5, 5.41) is 6.76. The third-order valence-electron chi connectivity index (χ3n) is 5.98. The fraction of sp³-hybridized carbons (Fsp3) is 0.346. The Kier molecular flexibility index (Phi) is 7.87. The molecule has 3 N–H and O–H groups in total. The van der Waals surface area contributed by atoms with Crippen molar-refractivity contribution in [2.24, 2.45) is 0 Å². The lowest BCUT2D eigenvalue weighted by atomic mass is 10.1. The Morgan fingerprint density at radius 3 is 2.83 bits per heavy atom. The van der Waals surface area contributed by atoms with Crippen LogP contribution in [0.1, 0.15) is 28.8 Å². The van der Waals surface area contributed by atoms with Crippen LogP contribution < -0.4 is 20.1 Å². The van der Waals surface area contributed by atoms with Gasteiger partial charge in [-0.1, -0.05) is 18.2 Å². The van der Waals surface area contributed by atoms with E-state index in [0.717, 1.165) is 16.5 Å². The number of aryl methyl sites for hydroxylation is 1. The molecular formula is C26H30N4O5. The molecule has 9 heteroatoms. The molecule has 0 atom stereocenters. The molecule has 1 aliphatic rings. The molecule has 0 radical (unpaired) electrons. The zero-order valence-corrected chi connectivity index (χ0v) is 19.8. The topological polar surface area (TPSA) is 113 Å². The second kappa shape index (κ2) is 11.4. The van der Waals surface area contributed by atoms with Gasteiger partial charge >= 0.3 is 0 Å². The second-order valence-electron chi connectivity index (χ2n) is 8.34. The quantitative estimate of drug-likeness (QED) is 0.533. The van der Waals surface area contributed by atoms with Crippen LogP contribution in [0.2, 0.25) is 0 Å². The number of hydrogen-bond acceptors (Lipinski definition) is 5. The number of nitrogens with zero attached hydrogens (tertiary/aromatic N) is 1. The van der Waals surface area contributed by atoms with Crippen LogP contribution in [0.25, 0.3) is 10.9 Å². The van der Waals surface area contributed by atoms with Gasteiger partial charge < -0.3 is 30.0 Å². The second-order valence-corrected chi connectivity index (χ2v) is 8.34. The first kappa shape index (κ1) is 24.1. The molecule has 0 spiro atoms. The molecule has 35 heavy (non-hydrogen) atoms. The molecule has 4 rings (SSSR count). The minimum atomic E-state index is -0.263. The predicted octanol–water partition coefficient (Wildman–Crippen LogP) is 2.27. The maximum Gasteiger partial charge on any atom is 0.255 e. The molecule has 0 saturated carbocycles. The van der Waals surface area contributed by atoms with E-state index >= 15 is 0 Å². The molecule has 3 aromatic rings. The zero-order chi connectivity index (χ0) is 24.6. The van der Waals surface area contributed by atoms with Gasteiger partial charge in [0.25, 0.3) is 5.91 Å². The molecule has 184 valence electrons. The van der Waals surface area contributed by atoms with Crippen molar-refractivity contribution in [1.82, 2.24) is 20.5 Å². The average molecular weight is 479 g/mol. The average Bonchev–Trinajstić information content (AvgIpc) is 3.29. The van der Waals surface area contributed by atoms with Crippen LogP contribution in [-0.4, -0.2) is 67.5 Å². The third-order valence-corrected chi connectivity index (χ3v) is 5.98. The minimum Gasteiger partial charge on any atom is -0.497 e. The Labute approximate surface area is 203 Å². The maximum atomic E-state index is 13.0. The fourth-order valence-corrected chi connectivity index (χ4v) is 4.11. The predicted molar refractivity (Wildman–Crippen MR) is 132 cm³/mol. The normalized spacial score (nSPS) is 15.4. The number of carbonyl (C=O) groups excluding carboxylic acids is 3. The SMILES string of the molecule is COc1ccc2c(c1)OCCNC(=O)CN(C(=O)CCc1c[nH]c3ccccc13)CCCNC2=O. The number of nitrogens with one attached hydrogen (secondary N) is 3. The van der Waals surface area contributed by atoms with Crippen LogP contribution in [-0.2, 0) is 16.0 Å². The van der Waals surface area contributed by atoms with E-state index in [2.05, 4.69) is 15.6 Å². The monoisotopic (exact) mass is 478 g/mol. The number of carbonyl (C=O) groups is 3. The number of amides is 3. The van der Waals surface area contributed by atoms with Gasteiger partial charge in [0.15, 0.2) is 0 Å². The Morgan fingerprint density at radius 2 is 1.97 bits per heavy atom. The van der Waals surface area contributed by atoms with Gasteiger partial charge in [-0.15, -0.1) is 0 Å². The summed E-state index contributed by atoms with van der Waals surface area (Å²) in [6, 6.07) is 13.0. The number of para-hydroxylation sites is 1. The molecule has 9 nitrogen and oxygen atoms in total. The highest BCUT2D eigenvalue weighted by molar-refractivity contribution is 5.97. The molecule has 0 unspecified atom stereocenters. The van der Waals surface area contributed by atoms with E-state index in [0.29, 0.717) is 49.4 Å². The van der Waals surface area contributed by atoms with Crippen LogP contribution in [0.5, 0.6) is 11.5 Å². The highest BCUT2D eigenvalue weighted by Crippen LogP contribution is 2.25. The Balaban J connectivity index is 1.40. The Bertz CT molecular complexity index is 1210. The number of methoxy groups -OCH3 is 1. The molecule has 0 saturated heterocycles. The summed E-state index contributed by atoms with van der Waals surface area (Å²) in [6.45, 7) is 1.11. The summed E-state index contributed by atoms with van der Waals surface area (Å²) < 4.78 is 11.0. The van der Waals surface area contributed by atoms with Crippen molar-refractivity contribution in [2.45, 2.75) is 19.3 Å². The summed E-state index contributed by atoms with van der Waals surface area (Å²) in [5.41, 5.74) is 2.49. The number of hydrogen-bond donors (Lipinski definition) is 3. The van der Waals surface area contributed by atoms with Gasteiger partial charge in [0.1, 0.15) is 18.1 Å². The van der Waals surface area contributed by atoms with Crippen molar-refractivity contribution in [3.05, 3.63) is 59.8 Å². The first-order valence-electron chi connectivity index (χ1n) is 11.7. The molecule has 1 aromatic heterocycles. The summed E-state index contributed by atoms with van der Waals surface area (Å²) >= 11 is 0. The lowest BCUT2D eigenvalue weighted by molar-refractivity contribution is -0.136. The number of fused-ring (bicyclic) bond motifs is 2. The van der Waals surface area contributed by atoms with E-state index in [1.807, 2.05) is 30.5 Å². The van der Waals surface area contributed by atoms with Crippen molar-refractivity contribution >= 4 is 28.6 Å². The Morgan fingerprint density at radius 1 is 1.11 bits per heavy atom. The molecule has 0 bridgehead atoms. The molecule has 0 aliphatic carbocycles. The van der Waals surface area contributed by atoms with Crippen molar-refractivity contribution in [3.63, 3.8) is 0 Å². The zero-order valence-electron chi connectivity index (χ0n) is 19.8. The van der Waals surface area contributed by atoms with Gasteiger partial charge in [0.05, 0.1) is 25.8 Å². The standard InChI is InChI=1S/C26H30N4O5/c1-34-19-8-9-21-23(15-19)35-14-12-27-24(31)17-30(13-4-11-28-26(21)33)25(32)10-7-18-16-29-22-6-3-2-5-20(18)22/h2-3,5-6,8-9,15-16,29H,4,7,10-14,17H2,1H3,(H,27,31)(H,28,33). The van der Waals surface area contributed by atoms with Crippen molar-refractivity contribution in [3.8, 4) is 11.5 Å². The van der Waals surface area contributed by atoms with Crippen LogP contribution >= 0.6 is 0 Å². The van der Waals surface area contributed by atoms with E-state index in [9.17, 15) is 14.4 Å². The summed E-state index contributed by atoms with van der Waals surface area (Å²) in [6.07, 6.45) is 3.31. The van der Waals surface area contributed by atoms with Crippen LogP contribution in [0, 0.1) is 0 Å². The first-order chi connectivity index (χ1) is 17.0. The highest BCUT2D eigenvalue weighted by Gasteiger charge is 2.19. The number of aromatic amines is 1. The molecule has 3 amide bonds. The van der Waals surface area contributed by atoms with Gasteiger partial charge in [-0.2, -0.15) is 0 Å². The summed E-state index contributed by atoms with van der Waals surface area (Å²) in [7, 11) is 1.54. The van der Waals surface area contributed by atoms with Gasteiger partial charge in [0, 0.05) is 42.7 Å². The lowest BCUT2D eigenvalue weighted by Gasteiger charge is -2.23. The Hall–Kier alpha value is -4.01. The molecule has 0 fully saturated rings. The number of aromatic nitrogens is 1. The van der Waals surface area contributed by atoms with Gasteiger partial charge in [-0.05, 0) is 36.6 Å². The van der Waals surface area contributed by atoms with E-state index in [1.54, 1.807) is 30.2 Å². The summed E-state index contributed by atoms with van der Waals surface area (Å²) in [4.78, 5) is 43.0. The molecule has 2 heterocycles. The molecular weight excluding hydrogens is 448 g/mol. The summed E-state index contributed by atoms with van der Waals surface area (Å²) in [5.74, 6) is 0.352. The van der Waals surface area contributed by atoms with Crippen molar-refractivity contribution in [2.75, 3.05) is 39.9 Å². The molecule has 2 aromatic carbocycles. The van der Waals surface area contributed by atoms with Crippen molar-refractivity contribution < 1.29 is 23.9 Å². The molecule has 1 aliphatic heterocycles. The maximum absolute atomic E-state index is 13.0. The first-order valence-corrected chi connectivity index (χ1v) is 11.7. The number of ether oxygens (including phenoxy) is 2. The van der Waals surface area contributed by atoms with E-state index in [4.69, 9.17) is 9.47 Å². The lowest BCUT2D eigenvalue weighted by Crippen LogP contribution is -2.43. The smallest absolute Gasteiger partial charge is 0.255 e. The van der Waals surface area contributed by atoms with Gasteiger partial charge in [-0.25, -0.2) is 0 Å². The third kappa shape index (κ3) is 6.11. The van der Waals surface area contributed by atoms with Crippen LogP contribution in [0.15, 0.2) is 48.7 Å². The van der Waals surface area contributed by atoms with E-state index in [1.165, 1.54) is 0 Å².